The highest BCUT2D eigenvalue weighted by Crippen LogP contribution is 2.22. The molecule has 0 spiro atoms. The molecule has 0 aliphatic carbocycles. The number of aryl methyl sites for hydroxylation is 1. The quantitative estimate of drug-likeness (QED) is 0.181. The number of nitrogens with zero attached hydrogens (tertiary/aromatic N) is 1. The third-order valence-corrected chi connectivity index (χ3v) is 6.77. The van der Waals surface area contributed by atoms with Crippen LogP contribution in [0.5, 0.6) is 0 Å². The Bertz CT molecular complexity index is 1490. The van der Waals surface area contributed by atoms with E-state index in [1.807, 2.05) is 97.1 Å². The fourth-order valence-electron chi connectivity index (χ4n) is 4.49. The summed E-state index contributed by atoms with van der Waals surface area (Å²) in [5.41, 5.74) is 2.32. The monoisotopic (exact) mass is 553 g/mol. The molecule has 2 atom stereocenters. The van der Waals surface area contributed by atoms with E-state index in [1.165, 1.54) is 0 Å². The summed E-state index contributed by atoms with van der Waals surface area (Å²) in [7, 11) is 0. The van der Waals surface area contributed by atoms with Gasteiger partial charge in [-0.3, -0.25) is 19.7 Å². The van der Waals surface area contributed by atoms with Crippen LogP contribution in [-0.2, 0) is 27.4 Å². The largest absolute Gasteiger partial charge is 0.445 e. The van der Waals surface area contributed by atoms with Gasteiger partial charge in [0.2, 0.25) is 11.7 Å². The van der Waals surface area contributed by atoms with Crippen molar-refractivity contribution in [2.75, 3.05) is 13.1 Å². The molecule has 4 aromatic carbocycles. The van der Waals surface area contributed by atoms with Gasteiger partial charge in [0.15, 0.2) is 0 Å². The smallest absolute Gasteiger partial charge is 0.407 e. The van der Waals surface area contributed by atoms with E-state index in [-0.39, 0.29) is 19.6 Å². The first kappa shape index (κ1) is 28.9. The molecule has 0 bridgehead atoms. The Kier molecular flexibility index (Phi) is 10.1. The predicted molar refractivity (Wildman–Crippen MR) is 155 cm³/mol. The number of nitrogens with one attached hydrogen (secondary N) is 2. The topological polar surface area (TPSA) is 128 Å². The van der Waals surface area contributed by atoms with E-state index in [9.17, 15) is 24.5 Å². The minimum atomic E-state index is -1.44. The summed E-state index contributed by atoms with van der Waals surface area (Å²) in [6.07, 6.45) is -0.312. The fourth-order valence-corrected chi connectivity index (χ4v) is 4.49. The molecular formula is C32H31N3O6. The molecule has 2 unspecified atom stereocenters. The zero-order chi connectivity index (χ0) is 29.0. The molecule has 0 radical (unpaired) electrons. The first-order chi connectivity index (χ1) is 19.9. The van der Waals surface area contributed by atoms with Crippen LogP contribution in [-0.4, -0.2) is 41.8 Å². The number of amides is 2. The summed E-state index contributed by atoms with van der Waals surface area (Å²) in [6, 6.07) is 30.1. The summed E-state index contributed by atoms with van der Waals surface area (Å²) in [6.45, 7) is -0.528. The van der Waals surface area contributed by atoms with Crippen molar-refractivity contribution in [3.63, 3.8) is 0 Å². The lowest BCUT2D eigenvalue weighted by Gasteiger charge is -2.19. The van der Waals surface area contributed by atoms with Gasteiger partial charge in [0.05, 0.1) is 12.5 Å². The number of carbonyl (C=O) groups is 3. The SMILES string of the molecule is O=C(NCC(C(=O)NCC(=O)C(CCc1ccccc1)[N+](=O)[O-])c1ccc2ccccc2c1)OCc1ccccc1. The maximum Gasteiger partial charge on any atom is 0.407 e. The Morgan fingerprint density at radius 3 is 2.10 bits per heavy atom. The van der Waals surface area contributed by atoms with Crippen LogP contribution in [0.3, 0.4) is 0 Å². The molecule has 41 heavy (non-hydrogen) atoms. The van der Waals surface area contributed by atoms with E-state index >= 15 is 0 Å². The van der Waals surface area contributed by atoms with Crippen molar-refractivity contribution in [1.29, 1.82) is 0 Å². The van der Waals surface area contributed by atoms with Gasteiger partial charge in [-0.1, -0.05) is 103 Å². The van der Waals surface area contributed by atoms with E-state index in [0.29, 0.717) is 12.0 Å². The summed E-state index contributed by atoms with van der Waals surface area (Å²) >= 11 is 0. The molecule has 0 saturated carbocycles. The highest BCUT2D eigenvalue weighted by molar-refractivity contribution is 5.92. The van der Waals surface area contributed by atoms with Crippen molar-refractivity contribution < 1.29 is 24.0 Å². The average Bonchev–Trinajstić information content (AvgIpc) is 3.00. The lowest BCUT2D eigenvalue weighted by atomic mass is 9.95. The van der Waals surface area contributed by atoms with Crippen LogP contribution >= 0.6 is 0 Å². The van der Waals surface area contributed by atoms with Crippen molar-refractivity contribution in [3.8, 4) is 0 Å². The summed E-state index contributed by atoms with van der Waals surface area (Å²) in [4.78, 5) is 49.5. The van der Waals surface area contributed by atoms with Gasteiger partial charge in [0, 0.05) is 17.9 Å². The number of alkyl carbamates (subject to hydrolysis) is 1. The maximum atomic E-state index is 13.3. The molecule has 0 aliphatic rings. The number of carbonyl (C=O) groups excluding carboxylic acids is 3. The predicted octanol–water partition coefficient (Wildman–Crippen LogP) is 4.81. The Hall–Kier alpha value is -5.05. The first-order valence-electron chi connectivity index (χ1n) is 13.3. The van der Waals surface area contributed by atoms with Gasteiger partial charge in [0.25, 0.3) is 6.04 Å². The van der Waals surface area contributed by atoms with E-state index in [2.05, 4.69) is 10.6 Å². The van der Waals surface area contributed by atoms with Crippen molar-refractivity contribution in [2.45, 2.75) is 31.4 Å². The highest BCUT2D eigenvalue weighted by atomic mass is 16.6. The van der Waals surface area contributed by atoms with E-state index in [1.54, 1.807) is 6.07 Å². The number of ether oxygens (including phenoxy) is 1. The number of nitro groups is 1. The molecule has 9 nitrogen and oxygen atoms in total. The second-order valence-corrected chi connectivity index (χ2v) is 9.61. The van der Waals surface area contributed by atoms with Crippen molar-refractivity contribution in [2.24, 2.45) is 0 Å². The third kappa shape index (κ3) is 8.47. The molecule has 0 aliphatic heterocycles. The number of rotatable bonds is 13. The summed E-state index contributed by atoms with van der Waals surface area (Å²) < 4.78 is 5.27. The van der Waals surface area contributed by atoms with E-state index in [4.69, 9.17) is 4.74 Å². The summed E-state index contributed by atoms with van der Waals surface area (Å²) in [5, 5.41) is 18.7. The fraction of sp³-hybridized carbons (Fsp3) is 0.219. The molecule has 0 heterocycles. The second kappa shape index (κ2) is 14.4. The Labute approximate surface area is 237 Å². The number of hydrogen-bond donors (Lipinski definition) is 2. The molecule has 0 saturated heterocycles. The van der Waals surface area contributed by atoms with E-state index in [0.717, 1.165) is 21.9 Å². The Morgan fingerprint density at radius 2 is 1.41 bits per heavy atom. The number of Topliss-reactive ketones (excluding diaryl/α,β-unsaturated/α-hetero) is 1. The maximum absolute atomic E-state index is 13.3. The lowest BCUT2D eigenvalue weighted by molar-refractivity contribution is -0.508. The van der Waals surface area contributed by atoms with Crippen molar-refractivity contribution in [1.82, 2.24) is 10.6 Å². The van der Waals surface area contributed by atoms with E-state index < -0.39 is 41.2 Å². The molecule has 210 valence electrons. The van der Waals surface area contributed by atoms with Gasteiger partial charge in [-0.05, 0) is 33.9 Å². The average molecular weight is 554 g/mol. The van der Waals surface area contributed by atoms with Gasteiger partial charge in [-0.15, -0.1) is 0 Å². The normalized spacial score (nSPS) is 12.2. The van der Waals surface area contributed by atoms with Gasteiger partial charge in [-0.25, -0.2) is 4.79 Å². The van der Waals surface area contributed by atoms with Crippen LogP contribution in [0.2, 0.25) is 0 Å². The first-order valence-corrected chi connectivity index (χ1v) is 13.3. The van der Waals surface area contributed by atoms with Crippen LogP contribution in [0.1, 0.15) is 29.0 Å². The Morgan fingerprint density at radius 1 is 0.780 bits per heavy atom. The highest BCUT2D eigenvalue weighted by Gasteiger charge is 2.30. The number of fused-ring (bicyclic) bond motifs is 1. The number of benzene rings is 4. The van der Waals surface area contributed by atoms with Gasteiger partial charge < -0.3 is 15.4 Å². The van der Waals surface area contributed by atoms with Crippen LogP contribution < -0.4 is 10.6 Å². The van der Waals surface area contributed by atoms with Crippen LogP contribution in [0, 0.1) is 10.1 Å². The summed E-state index contributed by atoms with van der Waals surface area (Å²) in [5.74, 6) is -2.09. The number of hydrogen-bond acceptors (Lipinski definition) is 6. The second-order valence-electron chi connectivity index (χ2n) is 9.61. The molecule has 2 amide bonds. The van der Waals surface area contributed by atoms with Gasteiger partial charge in [-0.2, -0.15) is 0 Å². The molecule has 0 fully saturated rings. The van der Waals surface area contributed by atoms with Gasteiger partial charge >= 0.3 is 6.09 Å². The van der Waals surface area contributed by atoms with Crippen LogP contribution in [0.25, 0.3) is 10.8 Å². The number of ketones is 1. The molecule has 9 heteroatoms. The van der Waals surface area contributed by atoms with Crippen LogP contribution in [0.15, 0.2) is 103 Å². The lowest BCUT2D eigenvalue weighted by Crippen LogP contribution is -2.43. The van der Waals surface area contributed by atoms with Crippen LogP contribution in [0.4, 0.5) is 4.79 Å². The molecular weight excluding hydrogens is 522 g/mol. The standard InChI is InChI=1S/C32H31N3O6/c36-30(29(35(39)40)18-15-23-9-3-1-4-10-23)21-33-31(37)28(27-17-16-25-13-7-8-14-26(25)19-27)20-34-32(38)41-22-24-11-5-2-6-12-24/h1-14,16-17,19,28-29H,15,18,20-22H2,(H,33,37)(H,34,38). The zero-order valence-corrected chi connectivity index (χ0v) is 22.4. The Balaban J connectivity index is 1.41. The minimum Gasteiger partial charge on any atom is -0.445 e. The molecule has 0 aromatic heterocycles. The minimum absolute atomic E-state index is 0.0225. The molecule has 4 aromatic rings. The zero-order valence-electron chi connectivity index (χ0n) is 22.4. The van der Waals surface area contributed by atoms with Crippen molar-refractivity contribution in [3.05, 3.63) is 130 Å². The third-order valence-electron chi connectivity index (χ3n) is 6.77. The van der Waals surface area contributed by atoms with Gasteiger partial charge in [0.1, 0.15) is 6.61 Å². The molecule has 2 N–H and O–H groups in total. The molecule has 4 rings (SSSR count). The van der Waals surface area contributed by atoms with Crippen molar-refractivity contribution >= 4 is 28.6 Å².